The van der Waals surface area contributed by atoms with Crippen LogP contribution in [0, 0.1) is 19.8 Å². The molecule has 1 fully saturated rings. The summed E-state index contributed by atoms with van der Waals surface area (Å²) in [5.74, 6) is 0.423. The van der Waals surface area contributed by atoms with Gasteiger partial charge in [0.1, 0.15) is 6.23 Å². The fourth-order valence-corrected chi connectivity index (χ4v) is 2.64. The van der Waals surface area contributed by atoms with Gasteiger partial charge in [-0.2, -0.15) is 0 Å². The number of anilines is 1. The quantitative estimate of drug-likeness (QED) is 0.806. The SMILES string of the molecule is COC(N)C1CCN(c2c(C)cncc2C)C1. The van der Waals surface area contributed by atoms with E-state index in [1.165, 1.54) is 16.8 Å². The number of rotatable bonds is 3. The predicted octanol–water partition coefficient (Wildman–Crippen LogP) is 1.46. The van der Waals surface area contributed by atoms with E-state index in [2.05, 4.69) is 23.7 Å². The number of methoxy groups -OCH3 is 1. The van der Waals surface area contributed by atoms with Crippen LogP contribution >= 0.6 is 0 Å². The van der Waals surface area contributed by atoms with Crippen molar-refractivity contribution < 1.29 is 4.74 Å². The van der Waals surface area contributed by atoms with E-state index in [4.69, 9.17) is 10.5 Å². The van der Waals surface area contributed by atoms with E-state index in [0.29, 0.717) is 5.92 Å². The van der Waals surface area contributed by atoms with Crippen molar-refractivity contribution in [2.24, 2.45) is 11.7 Å². The highest BCUT2D eigenvalue weighted by atomic mass is 16.5. The number of aryl methyl sites for hydroxylation is 2. The number of nitrogens with zero attached hydrogens (tertiary/aromatic N) is 2. The lowest BCUT2D eigenvalue weighted by Gasteiger charge is -2.24. The summed E-state index contributed by atoms with van der Waals surface area (Å²) in [7, 11) is 1.68. The van der Waals surface area contributed by atoms with Crippen molar-refractivity contribution in [2.75, 3.05) is 25.1 Å². The zero-order valence-corrected chi connectivity index (χ0v) is 10.8. The summed E-state index contributed by atoms with van der Waals surface area (Å²) in [4.78, 5) is 6.61. The Labute approximate surface area is 103 Å². The summed E-state index contributed by atoms with van der Waals surface area (Å²) in [6.45, 7) is 6.24. The zero-order valence-electron chi connectivity index (χ0n) is 10.8. The second kappa shape index (κ2) is 5.02. The van der Waals surface area contributed by atoms with Crippen LogP contribution in [0.2, 0.25) is 0 Å². The van der Waals surface area contributed by atoms with E-state index in [9.17, 15) is 0 Å². The third-order valence-corrected chi connectivity index (χ3v) is 3.56. The standard InChI is InChI=1S/C13H21N3O/c1-9-6-15-7-10(2)12(9)16-5-4-11(8-16)13(14)17-3/h6-7,11,13H,4-5,8,14H2,1-3H3. The Balaban J connectivity index is 2.15. The molecule has 4 heteroatoms. The summed E-state index contributed by atoms with van der Waals surface area (Å²) in [5.41, 5.74) is 9.71. The Bertz CT molecular complexity index is 374. The molecule has 2 atom stereocenters. The molecular weight excluding hydrogens is 214 g/mol. The first-order valence-electron chi connectivity index (χ1n) is 6.08. The molecule has 1 aliphatic heterocycles. The van der Waals surface area contributed by atoms with E-state index in [-0.39, 0.29) is 6.23 Å². The summed E-state index contributed by atoms with van der Waals surface area (Å²) < 4.78 is 5.22. The second-order valence-corrected chi connectivity index (χ2v) is 4.82. The lowest BCUT2D eigenvalue weighted by molar-refractivity contribution is 0.0650. The Morgan fingerprint density at radius 3 is 2.65 bits per heavy atom. The van der Waals surface area contributed by atoms with Gasteiger partial charge in [0.05, 0.1) is 0 Å². The molecule has 0 aliphatic carbocycles. The Kier molecular flexibility index (Phi) is 3.64. The molecule has 94 valence electrons. The Morgan fingerprint density at radius 1 is 1.41 bits per heavy atom. The highest BCUT2D eigenvalue weighted by Gasteiger charge is 2.28. The average Bonchev–Trinajstić information content (AvgIpc) is 2.77. The van der Waals surface area contributed by atoms with Crippen molar-refractivity contribution >= 4 is 5.69 Å². The molecule has 2 heterocycles. The number of nitrogens with two attached hydrogens (primary N) is 1. The molecule has 0 amide bonds. The molecule has 0 saturated carbocycles. The van der Waals surface area contributed by atoms with E-state index < -0.39 is 0 Å². The van der Waals surface area contributed by atoms with Gasteiger partial charge in [0.25, 0.3) is 0 Å². The maximum atomic E-state index is 5.93. The van der Waals surface area contributed by atoms with Gasteiger partial charge in [-0.15, -0.1) is 0 Å². The molecule has 1 aliphatic rings. The van der Waals surface area contributed by atoms with Gasteiger partial charge in [-0.3, -0.25) is 4.98 Å². The normalized spacial score (nSPS) is 21.9. The molecule has 0 spiro atoms. The largest absolute Gasteiger partial charge is 0.371 e. The van der Waals surface area contributed by atoms with Crippen molar-refractivity contribution in [1.82, 2.24) is 4.98 Å². The molecule has 1 saturated heterocycles. The van der Waals surface area contributed by atoms with E-state index in [0.717, 1.165) is 19.5 Å². The minimum atomic E-state index is -0.151. The van der Waals surface area contributed by atoms with Crippen LogP contribution in [0.5, 0.6) is 0 Å². The smallest absolute Gasteiger partial charge is 0.109 e. The molecule has 1 aromatic rings. The van der Waals surface area contributed by atoms with Crippen LogP contribution in [0.3, 0.4) is 0 Å². The predicted molar refractivity (Wildman–Crippen MR) is 69.0 cm³/mol. The molecular formula is C13H21N3O. The fraction of sp³-hybridized carbons (Fsp3) is 0.615. The van der Waals surface area contributed by atoms with Gasteiger partial charge in [0.15, 0.2) is 0 Å². The molecule has 4 nitrogen and oxygen atoms in total. The maximum Gasteiger partial charge on any atom is 0.109 e. The van der Waals surface area contributed by atoms with Gasteiger partial charge >= 0.3 is 0 Å². The van der Waals surface area contributed by atoms with Crippen LogP contribution in [0.25, 0.3) is 0 Å². The van der Waals surface area contributed by atoms with Crippen molar-refractivity contribution in [2.45, 2.75) is 26.5 Å². The first-order chi connectivity index (χ1) is 8.13. The Hall–Kier alpha value is -1.13. The second-order valence-electron chi connectivity index (χ2n) is 4.82. The monoisotopic (exact) mass is 235 g/mol. The van der Waals surface area contributed by atoms with Gasteiger partial charge in [-0.1, -0.05) is 0 Å². The third kappa shape index (κ3) is 2.42. The molecule has 2 rings (SSSR count). The average molecular weight is 235 g/mol. The van der Waals surface area contributed by atoms with Crippen molar-refractivity contribution in [3.63, 3.8) is 0 Å². The van der Waals surface area contributed by atoms with E-state index in [1.54, 1.807) is 7.11 Å². The van der Waals surface area contributed by atoms with Crippen molar-refractivity contribution in [3.05, 3.63) is 23.5 Å². The minimum Gasteiger partial charge on any atom is -0.371 e. The Morgan fingerprint density at radius 2 is 2.06 bits per heavy atom. The third-order valence-electron chi connectivity index (χ3n) is 3.56. The highest BCUT2D eigenvalue weighted by molar-refractivity contribution is 5.58. The number of aromatic nitrogens is 1. The fourth-order valence-electron chi connectivity index (χ4n) is 2.64. The molecule has 0 radical (unpaired) electrons. The number of hydrogen-bond donors (Lipinski definition) is 1. The zero-order chi connectivity index (χ0) is 12.4. The van der Waals surface area contributed by atoms with Crippen LogP contribution in [0.4, 0.5) is 5.69 Å². The van der Waals surface area contributed by atoms with Crippen LogP contribution in [0.1, 0.15) is 17.5 Å². The van der Waals surface area contributed by atoms with E-state index >= 15 is 0 Å². The molecule has 0 bridgehead atoms. The van der Waals surface area contributed by atoms with Gasteiger partial charge in [-0.25, -0.2) is 0 Å². The molecule has 0 aromatic carbocycles. The van der Waals surface area contributed by atoms with Crippen LogP contribution in [0.15, 0.2) is 12.4 Å². The summed E-state index contributed by atoms with van der Waals surface area (Å²) >= 11 is 0. The molecule has 1 aromatic heterocycles. The number of ether oxygens (including phenoxy) is 1. The van der Waals surface area contributed by atoms with Crippen molar-refractivity contribution in [1.29, 1.82) is 0 Å². The lowest BCUT2D eigenvalue weighted by Crippen LogP contribution is -2.34. The number of hydrogen-bond acceptors (Lipinski definition) is 4. The molecule has 17 heavy (non-hydrogen) atoms. The summed E-state index contributed by atoms with van der Waals surface area (Å²) in [5, 5.41) is 0. The molecule has 2 N–H and O–H groups in total. The van der Waals surface area contributed by atoms with Crippen molar-refractivity contribution in [3.8, 4) is 0 Å². The van der Waals surface area contributed by atoms with Gasteiger partial charge in [0.2, 0.25) is 0 Å². The van der Waals surface area contributed by atoms with Crippen LogP contribution in [-0.2, 0) is 4.74 Å². The summed E-state index contributed by atoms with van der Waals surface area (Å²) in [6, 6.07) is 0. The minimum absolute atomic E-state index is 0.151. The maximum absolute atomic E-state index is 5.93. The first kappa shape index (κ1) is 12.3. The number of pyridine rings is 1. The summed E-state index contributed by atoms with van der Waals surface area (Å²) in [6.07, 6.45) is 4.79. The topological polar surface area (TPSA) is 51.4 Å². The lowest BCUT2D eigenvalue weighted by atomic mass is 10.1. The van der Waals surface area contributed by atoms with Gasteiger partial charge < -0.3 is 15.4 Å². The van der Waals surface area contributed by atoms with Crippen LogP contribution < -0.4 is 10.6 Å². The van der Waals surface area contributed by atoms with Gasteiger partial charge in [-0.05, 0) is 31.4 Å². The highest BCUT2D eigenvalue weighted by Crippen LogP contribution is 2.30. The van der Waals surface area contributed by atoms with Gasteiger partial charge in [0, 0.05) is 44.2 Å². The van der Waals surface area contributed by atoms with Crippen LogP contribution in [-0.4, -0.2) is 31.4 Å². The molecule has 2 unspecified atom stereocenters. The first-order valence-corrected chi connectivity index (χ1v) is 6.08. The van der Waals surface area contributed by atoms with E-state index in [1.807, 2.05) is 12.4 Å².